The van der Waals surface area contributed by atoms with E-state index in [-0.39, 0.29) is 16.1 Å². The van der Waals surface area contributed by atoms with Gasteiger partial charge in [-0.05, 0) is 35.0 Å². The van der Waals surface area contributed by atoms with Crippen LogP contribution in [-0.2, 0) is 0 Å². The highest BCUT2D eigenvalue weighted by atomic mass is 79.9. The van der Waals surface area contributed by atoms with Crippen LogP contribution >= 0.6 is 15.9 Å². The maximum absolute atomic E-state index is 13.2. The van der Waals surface area contributed by atoms with Crippen molar-refractivity contribution in [2.75, 3.05) is 5.32 Å². The van der Waals surface area contributed by atoms with Crippen molar-refractivity contribution in [2.45, 2.75) is 6.92 Å². The van der Waals surface area contributed by atoms with Crippen LogP contribution in [0, 0.1) is 12.7 Å². The predicted molar refractivity (Wildman–Crippen MR) is 63.3 cm³/mol. The van der Waals surface area contributed by atoms with E-state index in [9.17, 15) is 9.18 Å². The number of benzene rings is 1. The van der Waals surface area contributed by atoms with Gasteiger partial charge in [-0.25, -0.2) is 4.39 Å². The largest absolute Gasteiger partial charge is 0.432 e. The monoisotopic (exact) mass is 298 g/mol. The first kappa shape index (κ1) is 11.8. The van der Waals surface area contributed by atoms with E-state index in [1.807, 2.05) is 0 Å². The zero-order valence-electron chi connectivity index (χ0n) is 8.83. The summed E-state index contributed by atoms with van der Waals surface area (Å²) in [5, 5.41) is 2.43. The minimum Gasteiger partial charge on any atom is -0.432 e. The summed E-state index contributed by atoms with van der Waals surface area (Å²) in [4.78, 5) is 15.7. The molecule has 0 atom stereocenters. The molecule has 2 aromatic rings. The van der Waals surface area contributed by atoms with Gasteiger partial charge in [-0.15, -0.1) is 0 Å². The number of carbonyl (C=O) groups excluding carboxylic acids is 1. The summed E-state index contributed by atoms with van der Waals surface area (Å²) >= 11 is 3.01. The number of carbonyl (C=O) groups is 1. The van der Waals surface area contributed by atoms with Gasteiger partial charge in [0, 0.05) is 0 Å². The van der Waals surface area contributed by atoms with Crippen molar-refractivity contribution in [2.24, 2.45) is 0 Å². The molecule has 1 aromatic carbocycles. The second-order valence-corrected chi connectivity index (χ2v) is 4.14. The summed E-state index contributed by atoms with van der Waals surface area (Å²) in [6.45, 7) is 1.73. The van der Waals surface area contributed by atoms with E-state index in [0.717, 1.165) is 0 Å². The van der Waals surface area contributed by atoms with E-state index in [0.29, 0.717) is 5.69 Å². The van der Waals surface area contributed by atoms with Gasteiger partial charge in [-0.2, -0.15) is 4.98 Å². The molecule has 0 radical (unpaired) electrons. The van der Waals surface area contributed by atoms with E-state index >= 15 is 0 Å². The molecule has 17 heavy (non-hydrogen) atoms. The number of hydrogen-bond acceptors (Lipinski definition) is 3. The summed E-state index contributed by atoms with van der Waals surface area (Å²) in [6.07, 6.45) is 1.41. The second-order valence-electron chi connectivity index (χ2n) is 3.35. The number of nitrogens with one attached hydrogen (secondary N) is 1. The fourth-order valence-electron chi connectivity index (χ4n) is 1.26. The molecule has 0 spiro atoms. The Kier molecular flexibility index (Phi) is 3.23. The molecule has 1 amide bonds. The van der Waals surface area contributed by atoms with Crippen LogP contribution in [0.3, 0.4) is 0 Å². The highest BCUT2D eigenvalue weighted by Gasteiger charge is 2.14. The van der Waals surface area contributed by atoms with Crippen LogP contribution < -0.4 is 5.32 Å². The molecule has 0 unspecified atom stereocenters. The minimum atomic E-state index is -0.499. The van der Waals surface area contributed by atoms with Crippen LogP contribution in [0.1, 0.15) is 16.1 Å². The highest BCUT2D eigenvalue weighted by Crippen LogP contribution is 2.21. The Morgan fingerprint density at radius 3 is 2.94 bits per heavy atom. The van der Waals surface area contributed by atoms with Gasteiger partial charge in [0.25, 0.3) is 5.91 Å². The topological polar surface area (TPSA) is 55.1 Å². The molecule has 1 aromatic heterocycles. The molecule has 2 rings (SSSR count). The molecule has 0 saturated carbocycles. The van der Waals surface area contributed by atoms with E-state index in [1.165, 1.54) is 24.5 Å². The summed E-state index contributed by atoms with van der Waals surface area (Å²) in [5.74, 6) is -0.987. The Bertz CT molecular complexity index is 568. The molecule has 0 aliphatic heterocycles. The number of halogens is 2. The molecule has 4 nitrogen and oxygen atoms in total. The van der Waals surface area contributed by atoms with Crippen molar-refractivity contribution in [1.82, 2.24) is 4.98 Å². The minimum absolute atomic E-state index is 0.0867. The standard InChI is InChI=1S/C11H8BrFN2O2/c1-6-5-17-11(14-6)15-10(16)7-3-2-4-8(13)9(7)12/h2-5H,1H3,(H,14,15,16). The lowest BCUT2D eigenvalue weighted by Crippen LogP contribution is -2.13. The van der Waals surface area contributed by atoms with Crippen molar-refractivity contribution >= 4 is 27.9 Å². The van der Waals surface area contributed by atoms with Gasteiger partial charge in [0.05, 0.1) is 15.7 Å². The fraction of sp³-hybridized carbons (Fsp3) is 0.0909. The molecule has 0 aliphatic rings. The molecular formula is C11H8BrFN2O2. The normalized spacial score (nSPS) is 10.3. The Labute approximate surface area is 105 Å². The molecule has 1 heterocycles. The third-order valence-electron chi connectivity index (χ3n) is 2.04. The molecule has 0 bridgehead atoms. The molecule has 1 N–H and O–H groups in total. The average Bonchev–Trinajstić information content (AvgIpc) is 2.68. The predicted octanol–water partition coefficient (Wildman–Crippen LogP) is 3.14. The summed E-state index contributed by atoms with van der Waals surface area (Å²) < 4.78 is 18.3. The second kappa shape index (κ2) is 4.67. The highest BCUT2D eigenvalue weighted by molar-refractivity contribution is 9.10. The molecular weight excluding hydrogens is 291 g/mol. The summed E-state index contributed by atoms with van der Waals surface area (Å²) in [5.41, 5.74) is 0.833. The van der Waals surface area contributed by atoms with E-state index in [4.69, 9.17) is 4.42 Å². The zero-order valence-corrected chi connectivity index (χ0v) is 10.4. The number of anilines is 1. The lowest BCUT2D eigenvalue weighted by molar-refractivity contribution is 0.102. The number of oxazole rings is 1. The van der Waals surface area contributed by atoms with Crippen LogP contribution in [0.15, 0.2) is 33.4 Å². The Balaban J connectivity index is 2.23. The van der Waals surface area contributed by atoms with Crippen LogP contribution in [0.25, 0.3) is 0 Å². The zero-order chi connectivity index (χ0) is 12.4. The Morgan fingerprint density at radius 2 is 2.29 bits per heavy atom. The summed E-state index contributed by atoms with van der Waals surface area (Å²) in [6, 6.07) is 4.30. The van der Waals surface area contributed by atoms with Crippen LogP contribution in [0.2, 0.25) is 0 Å². The lowest BCUT2D eigenvalue weighted by Gasteiger charge is -2.03. The van der Waals surface area contributed by atoms with E-state index in [2.05, 4.69) is 26.2 Å². The van der Waals surface area contributed by atoms with Crippen LogP contribution in [-0.4, -0.2) is 10.9 Å². The average molecular weight is 299 g/mol. The lowest BCUT2D eigenvalue weighted by atomic mass is 10.2. The number of amides is 1. The first-order valence-electron chi connectivity index (χ1n) is 4.75. The van der Waals surface area contributed by atoms with Crippen molar-refractivity contribution < 1.29 is 13.6 Å². The molecule has 0 fully saturated rings. The number of hydrogen-bond donors (Lipinski definition) is 1. The van der Waals surface area contributed by atoms with Crippen molar-refractivity contribution in [3.63, 3.8) is 0 Å². The third-order valence-corrected chi connectivity index (χ3v) is 2.84. The van der Waals surface area contributed by atoms with E-state index < -0.39 is 11.7 Å². The SMILES string of the molecule is Cc1coc(NC(=O)c2cccc(F)c2Br)n1. The first-order chi connectivity index (χ1) is 8.08. The molecule has 0 saturated heterocycles. The van der Waals surface area contributed by atoms with Gasteiger partial charge in [0.15, 0.2) is 0 Å². The number of aromatic nitrogens is 1. The number of rotatable bonds is 2. The number of aryl methyl sites for hydroxylation is 1. The van der Waals surface area contributed by atoms with Gasteiger partial charge >= 0.3 is 6.01 Å². The first-order valence-corrected chi connectivity index (χ1v) is 5.54. The van der Waals surface area contributed by atoms with Gasteiger partial charge in [-0.3, -0.25) is 10.1 Å². The van der Waals surface area contributed by atoms with E-state index in [1.54, 1.807) is 6.92 Å². The van der Waals surface area contributed by atoms with Crippen LogP contribution in [0.5, 0.6) is 0 Å². The fourth-order valence-corrected chi connectivity index (χ4v) is 1.70. The molecule has 88 valence electrons. The molecule has 6 heteroatoms. The van der Waals surface area contributed by atoms with Crippen molar-refractivity contribution in [3.05, 3.63) is 46.0 Å². The Morgan fingerprint density at radius 1 is 1.53 bits per heavy atom. The van der Waals surface area contributed by atoms with Gasteiger partial charge in [0.1, 0.15) is 12.1 Å². The Hall–Kier alpha value is -1.69. The van der Waals surface area contributed by atoms with Gasteiger partial charge < -0.3 is 4.42 Å². The maximum Gasteiger partial charge on any atom is 0.301 e. The number of nitrogens with zero attached hydrogens (tertiary/aromatic N) is 1. The summed E-state index contributed by atoms with van der Waals surface area (Å²) in [7, 11) is 0. The van der Waals surface area contributed by atoms with Gasteiger partial charge in [0.2, 0.25) is 0 Å². The maximum atomic E-state index is 13.2. The third kappa shape index (κ3) is 2.52. The molecule has 0 aliphatic carbocycles. The van der Waals surface area contributed by atoms with Crippen molar-refractivity contribution in [3.8, 4) is 0 Å². The smallest absolute Gasteiger partial charge is 0.301 e. The van der Waals surface area contributed by atoms with Gasteiger partial charge in [-0.1, -0.05) is 6.07 Å². The quantitative estimate of drug-likeness (QED) is 0.927. The van der Waals surface area contributed by atoms with Crippen LogP contribution in [0.4, 0.5) is 10.4 Å². The van der Waals surface area contributed by atoms with Crippen molar-refractivity contribution in [1.29, 1.82) is 0 Å².